The van der Waals surface area contributed by atoms with Gasteiger partial charge in [0.2, 0.25) is 0 Å². The lowest BCUT2D eigenvalue weighted by Gasteiger charge is -2.06. The van der Waals surface area contributed by atoms with Crippen molar-refractivity contribution in [1.82, 2.24) is 0 Å². The highest BCUT2D eigenvalue weighted by Gasteiger charge is 1.97. The van der Waals surface area contributed by atoms with Gasteiger partial charge in [0.05, 0.1) is 6.61 Å². The number of unbranched alkanes of at least 4 members (excludes halogenated alkanes) is 1. The average molecular weight is 238 g/mol. The SMILES string of the molecule is C=CCCCOc1ccc(-c2ccccc2)cc1. The van der Waals surface area contributed by atoms with Crippen molar-refractivity contribution in [3.8, 4) is 16.9 Å². The summed E-state index contributed by atoms with van der Waals surface area (Å²) in [4.78, 5) is 0. The van der Waals surface area contributed by atoms with Crippen LogP contribution in [0.2, 0.25) is 0 Å². The molecule has 18 heavy (non-hydrogen) atoms. The molecule has 2 aromatic rings. The van der Waals surface area contributed by atoms with Crippen LogP contribution in [0.5, 0.6) is 5.75 Å². The molecule has 2 rings (SSSR count). The Morgan fingerprint density at radius 2 is 1.56 bits per heavy atom. The van der Waals surface area contributed by atoms with Gasteiger partial charge < -0.3 is 4.74 Å². The van der Waals surface area contributed by atoms with Gasteiger partial charge in [-0.1, -0.05) is 48.5 Å². The molecule has 0 amide bonds. The third-order valence-electron chi connectivity index (χ3n) is 2.78. The number of ether oxygens (including phenoxy) is 1. The second-order valence-corrected chi connectivity index (χ2v) is 4.17. The zero-order chi connectivity index (χ0) is 12.6. The van der Waals surface area contributed by atoms with Crippen LogP contribution in [0.1, 0.15) is 12.8 Å². The first kappa shape index (κ1) is 12.4. The van der Waals surface area contributed by atoms with Gasteiger partial charge >= 0.3 is 0 Å². The van der Waals surface area contributed by atoms with E-state index in [0.717, 1.165) is 25.2 Å². The van der Waals surface area contributed by atoms with Crippen LogP contribution in [0.4, 0.5) is 0 Å². The molecule has 0 saturated heterocycles. The predicted molar refractivity (Wildman–Crippen MR) is 76.8 cm³/mol. The third-order valence-corrected chi connectivity index (χ3v) is 2.78. The Morgan fingerprint density at radius 3 is 2.22 bits per heavy atom. The first-order chi connectivity index (χ1) is 8.90. The number of benzene rings is 2. The quantitative estimate of drug-likeness (QED) is 0.523. The Labute approximate surface area is 109 Å². The van der Waals surface area contributed by atoms with Gasteiger partial charge in [0, 0.05) is 0 Å². The molecule has 0 aliphatic carbocycles. The first-order valence-corrected chi connectivity index (χ1v) is 6.29. The van der Waals surface area contributed by atoms with Crippen molar-refractivity contribution < 1.29 is 4.74 Å². The molecule has 0 radical (unpaired) electrons. The molecule has 0 unspecified atom stereocenters. The maximum atomic E-state index is 5.65. The van der Waals surface area contributed by atoms with Gasteiger partial charge in [-0.15, -0.1) is 6.58 Å². The number of hydrogen-bond acceptors (Lipinski definition) is 1. The maximum Gasteiger partial charge on any atom is 0.119 e. The second-order valence-electron chi connectivity index (χ2n) is 4.17. The standard InChI is InChI=1S/C17H18O/c1-2-3-7-14-18-17-12-10-16(11-13-17)15-8-5-4-6-9-15/h2,4-6,8-13H,1,3,7,14H2. The van der Waals surface area contributed by atoms with Crippen molar-refractivity contribution in [2.24, 2.45) is 0 Å². The van der Waals surface area contributed by atoms with Gasteiger partial charge in [-0.05, 0) is 36.1 Å². The monoisotopic (exact) mass is 238 g/mol. The Balaban J connectivity index is 1.95. The summed E-state index contributed by atoms with van der Waals surface area (Å²) in [6.07, 6.45) is 3.94. The van der Waals surface area contributed by atoms with E-state index in [2.05, 4.69) is 43.0 Å². The normalized spacial score (nSPS) is 10.0. The molecule has 0 N–H and O–H groups in total. The topological polar surface area (TPSA) is 9.23 Å². The minimum atomic E-state index is 0.747. The zero-order valence-corrected chi connectivity index (χ0v) is 10.5. The minimum Gasteiger partial charge on any atom is -0.494 e. The Hall–Kier alpha value is -2.02. The molecule has 92 valence electrons. The van der Waals surface area contributed by atoms with E-state index in [0.29, 0.717) is 0 Å². The first-order valence-electron chi connectivity index (χ1n) is 6.29. The van der Waals surface area contributed by atoms with Gasteiger partial charge in [-0.2, -0.15) is 0 Å². The highest BCUT2D eigenvalue weighted by Crippen LogP contribution is 2.22. The Bertz CT molecular complexity index is 471. The van der Waals surface area contributed by atoms with Crippen molar-refractivity contribution in [3.63, 3.8) is 0 Å². The van der Waals surface area contributed by atoms with Crippen LogP contribution in [-0.4, -0.2) is 6.61 Å². The molecule has 0 spiro atoms. The van der Waals surface area contributed by atoms with Crippen LogP contribution >= 0.6 is 0 Å². The molecule has 0 fully saturated rings. The lowest BCUT2D eigenvalue weighted by Crippen LogP contribution is -1.96. The molecule has 0 bridgehead atoms. The largest absolute Gasteiger partial charge is 0.494 e. The summed E-state index contributed by atoms with van der Waals surface area (Å²) >= 11 is 0. The molecule has 0 saturated carbocycles. The minimum absolute atomic E-state index is 0.747. The summed E-state index contributed by atoms with van der Waals surface area (Å²) in [6, 6.07) is 18.6. The van der Waals surface area contributed by atoms with E-state index in [1.807, 2.05) is 24.3 Å². The summed E-state index contributed by atoms with van der Waals surface area (Å²) in [6.45, 7) is 4.44. The molecular weight excluding hydrogens is 220 g/mol. The van der Waals surface area contributed by atoms with E-state index >= 15 is 0 Å². The number of allylic oxidation sites excluding steroid dienone is 1. The number of rotatable bonds is 6. The fourth-order valence-electron chi connectivity index (χ4n) is 1.79. The fourth-order valence-corrected chi connectivity index (χ4v) is 1.79. The molecule has 1 heteroatoms. The molecule has 0 aromatic heterocycles. The summed E-state index contributed by atoms with van der Waals surface area (Å²) in [5, 5.41) is 0. The lowest BCUT2D eigenvalue weighted by molar-refractivity contribution is 0.312. The molecule has 0 heterocycles. The van der Waals surface area contributed by atoms with Crippen LogP contribution in [-0.2, 0) is 0 Å². The molecule has 2 aromatic carbocycles. The van der Waals surface area contributed by atoms with Crippen LogP contribution in [0.3, 0.4) is 0 Å². The summed E-state index contributed by atoms with van der Waals surface area (Å²) in [7, 11) is 0. The van der Waals surface area contributed by atoms with E-state index in [9.17, 15) is 0 Å². The van der Waals surface area contributed by atoms with Crippen molar-refractivity contribution in [2.45, 2.75) is 12.8 Å². The van der Waals surface area contributed by atoms with E-state index in [1.165, 1.54) is 11.1 Å². The third kappa shape index (κ3) is 3.49. The molecular formula is C17H18O. The van der Waals surface area contributed by atoms with E-state index < -0.39 is 0 Å². The average Bonchev–Trinajstić information content (AvgIpc) is 2.45. The van der Waals surface area contributed by atoms with Crippen molar-refractivity contribution in [1.29, 1.82) is 0 Å². The van der Waals surface area contributed by atoms with E-state index in [4.69, 9.17) is 4.74 Å². The van der Waals surface area contributed by atoms with Gasteiger partial charge in [-0.25, -0.2) is 0 Å². The van der Waals surface area contributed by atoms with Crippen molar-refractivity contribution in [3.05, 3.63) is 67.3 Å². The summed E-state index contributed by atoms with van der Waals surface area (Å²) in [5.74, 6) is 0.929. The van der Waals surface area contributed by atoms with Crippen LogP contribution in [0.25, 0.3) is 11.1 Å². The number of hydrogen-bond donors (Lipinski definition) is 0. The lowest BCUT2D eigenvalue weighted by atomic mass is 10.1. The molecule has 0 aliphatic heterocycles. The van der Waals surface area contributed by atoms with Gasteiger partial charge in [0.25, 0.3) is 0 Å². The maximum absolute atomic E-state index is 5.65. The highest BCUT2D eigenvalue weighted by atomic mass is 16.5. The van der Waals surface area contributed by atoms with Gasteiger partial charge in [-0.3, -0.25) is 0 Å². The van der Waals surface area contributed by atoms with Crippen LogP contribution in [0, 0.1) is 0 Å². The fraction of sp³-hybridized carbons (Fsp3) is 0.176. The predicted octanol–water partition coefficient (Wildman–Crippen LogP) is 4.70. The Morgan fingerprint density at radius 1 is 0.889 bits per heavy atom. The van der Waals surface area contributed by atoms with Crippen LogP contribution < -0.4 is 4.74 Å². The molecule has 0 atom stereocenters. The van der Waals surface area contributed by atoms with E-state index in [1.54, 1.807) is 0 Å². The van der Waals surface area contributed by atoms with Crippen molar-refractivity contribution in [2.75, 3.05) is 6.61 Å². The smallest absolute Gasteiger partial charge is 0.119 e. The highest BCUT2D eigenvalue weighted by molar-refractivity contribution is 5.63. The molecule has 0 aliphatic rings. The van der Waals surface area contributed by atoms with Crippen LogP contribution in [0.15, 0.2) is 67.3 Å². The van der Waals surface area contributed by atoms with Gasteiger partial charge in [0.15, 0.2) is 0 Å². The molecule has 1 nitrogen and oxygen atoms in total. The van der Waals surface area contributed by atoms with Gasteiger partial charge in [0.1, 0.15) is 5.75 Å². The second kappa shape index (κ2) is 6.65. The summed E-state index contributed by atoms with van der Waals surface area (Å²) in [5.41, 5.74) is 2.45. The zero-order valence-electron chi connectivity index (χ0n) is 10.5. The Kier molecular flexibility index (Phi) is 4.60. The van der Waals surface area contributed by atoms with E-state index in [-0.39, 0.29) is 0 Å². The summed E-state index contributed by atoms with van der Waals surface area (Å²) < 4.78 is 5.65. The van der Waals surface area contributed by atoms with Crippen molar-refractivity contribution >= 4 is 0 Å².